The number of rotatable bonds is 3. The van der Waals surface area contributed by atoms with Crippen LogP contribution in [-0.4, -0.2) is 4.98 Å². The summed E-state index contributed by atoms with van der Waals surface area (Å²) in [5.74, 6) is 0.880. The lowest BCUT2D eigenvalue weighted by molar-refractivity contribution is 0.349. The number of anilines is 4. The predicted octanol–water partition coefficient (Wildman–Crippen LogP) is 7.37. The van der Waals surface area contributed by atoms with Crippen molar-refractivity contribution in [2.45, 2.75) is 69.6 Å². The second-order valence-corrected chi connectivity index (χ2v) is 12.2. The molecule has 184 valence electrons. The first-order valence-corrected chi connectivity index (χ1v) is 13.0. The van der Waals surface area contributed by atoms with Crippen LogP contribution in [0.3, 0.4) is 0 Å². The van der Waals surface area contributed by atoms with E-state index >= 15 is 0 Å². The van der Waals surface area contributed by atoms with E-state index in [1.165, 1.54) is 33.4 Å². The molecule has 1 heterocycles. The van der Waals surface area contributed by atoms with Crippen molar-refractivity contribution in [1.29, 1.82) is 0 Å². The maximum Gasteiger partial charge on any atom is 0.130 e. The van der Waals surface area contributed by atoms with Gasteiger partial charge in [-0.2, -0.15) is 0 Å². The van der Waals surface area contributed by atoms with Gasteiger partial charge in [-0.25, -0.2) is 4.98 Å². The van der Waals surface area contributed by atoms with Crippen molar-refractivity contribution in [2.24, 2.45) is 0 Å². The topological polar surface area (TPSA) is 77.0 Å². The Hall–Kier alpha value is -3.53. The first kappa shape index (κ1) is 22.9. The van der Waals surface area contributed by atoms with E-state index in [0.29, 0.717) is 11.4 Å². The van der Waals surface area contributed by atoms with Gasteiger partial charge in [-0.1, -0.05) is 58.1 Å². The van der Waals surface area contributed by atoms with Crippen LogP contribution in [0, 0.1) is 0 Å². The van der Waals surface area contributed by atoms with Crippen LogP contribution in [0.25, 0.3) is 5.57 Å². The third-order valence-electron chi connectivity index (χ3n) is 8.59. The molecule has 4 heteroatoms. The number of hydrogen-bond donors (Lipinski definition) is 3. The van der Waals surface area contributed by atoms with E-state index < -0.39 is 0 Å². The predicted molar refractivity (Wildman–Crippen MR) is 152 cm³/mol. The summed E-state index contributed by atoms with van der Waals surface area (Å²) in [6, 6.07) is 15.2. The van der Waals surface area contributed by atoms with Crippen molar-refractivity contribution in [2.75, 3.05) is 16.8 Å². The third kappa shape index (κ3) is 3.46. The van der Waals surface area contributed by atoms with Crippen LogP contribution in [0.2, 0.25) is 0 Å². The normalized spacial score (nSPS) is 22.8. The Labute approximate surface area is 214 Å². The number of nitrogens with two attached hydrogens (primary N) is 2. The zero-order chi connectivity index (χ0) is 25.3. The Bertz CT molecular complexity index is 1430. The van der Waals surface area contributed by atoms with Gasteiger partial charge in [-0.15, -0.1) is 0 Å². The van der Waals surface area contributed by atoms with Gasteiger partial charge in [-0.05, 0) is 100 Å². The number of benzene rings is 2. The Morgan fingerprint density at radius 2 is 1.42 bits per heavy atom. The Morgan fingerprint density at radius 3 is 2.08 bits per heavy atom. The number of fused-ring (bicyclic) bond motifs is 4. The summed E-state index contributed by atoms with van der Waals surface area (Å²) in [4.78, 5) is 4.85. The highest BCUT2D eigenvalue weighted by Crippen LogP contribution is 2.63. The van der Waals surface area contributed by atoms with Crippen LogP contribution < -0.4 is 16.8 Å². The first-order valence-electron chi connectivity index (χ1n) is 13.0. The molecule has 0 aliphatic heterocycles. The molecule has 1 aromatic heterocycles. The maximum absolute atomic E-state index is 6.36. The summed E-state index contributed by atoms with van der Waals surface area (Å²) in [7, 11) is 0. The number of pyridine rings is 1. The van der Waals surface area contributed by atoms with Crippen molar-refractivity contribution < 1.29 is 0 Å². The van der Waals surface area contributed by atoms with Crippen LogP contribution in [-0.2, 0) is 16.2 Å². The van der Waals surface area contributed by atoms with Gasteiger partial charge in [0.25, 0.3) is 0 Å². The molecule has 1 unspecified atom stereocenters. The fourth-order valence-electron chi connectivity index (χ4n) is 7.06. The molecule has 0 fully saturated rings. The van der Waals surface area contributed by atoms with Gasteiger partial charge in [0.1, 0.15) is 5.82 Å². The maximum atomic E-state index is 6.36. The van der Waals surface area contributed by atoms with Gasteiger partial charge in [-0.3, -0.25) is 0 Å². The number of nitrogens with one attached hydrogen (secondary N) is 1. The Morgan fingerprint density at radius 1 is 0.778 bits per heavy atom. The fraction of sp³-hybridized carbons (Fsp3) is 0.344. The molecular weight excluding hydrogens is 440 g/mol. The summed E-state index contributed by atoms with van der Waals surface area (Å²) >= 11 is 0. The fourth-order valence-corrected chi connectivity index (χ4v) is 7.06. The van der Waals surface area contributed by atoms with Crippen LogP contribution in [0.4, 0.5) is 22.9 Å². The molecule has 4 nitrogen and oxygen atoms in total. The lowest BCUT2D eigenvalue weighted by atomic mass is 9.72. The van der Waals surface area contributed by atoms with E-state index in [4.69, 9.17) is 16.5 Å². The van der Waals surface area contributed by atoms with E-state index in [2.05, 4.69) is 99.9 Å². The highest BCUT2D eigenvalue weighted by molar-refractivity contribution is 5.76. The lowest BCUT2D eigenvalue weighted by Crippen LogP contribution is -2.27. The number of allylic oxidation sites excluding steroid dienone is 4. The summed E-state index contributed by atoms with van der Waals surface area (Å²) in [5.41, 5.74) is 22.9. The van der Waals surface area contributed by atoms with Gasteiger partial charge in [0.15, 0.2) is 0 Å². The van der Waals surface area contributed by atoms with Gasteiger partial charge < -0.3 is 16.8 Å². The molecule has 0 radical (unpaired) electrons. The molecule has 3 aliphatic carbocycles. The summed E-state index contributed by atoms with van der Waals surface area (Å²) in [5, 5.41) is 3.57. The van der Waals surface area contributed by atoms with Crippen molar-refractivity contribution in [3.05, 3.63) is 94.7 Å². The molecule has 0 bridgehead atoms. The molecule has 1 spiro atoms. The number of nitrogen functional groups attached to an aromatic ring is 2. The van der Waals surface area contributed by atoms with Crippen LogP contribution in [0.1, 0.15) is 81.2 Å². The zero-order valence-electron chi connectivity index (χ0n) is 21.8. The second kappa shape index (κ2) is 7.73. The average Bonchev–Trinajstić information content (AvgIpc) is 3.20. The molecule has 36 heavy (non-hydrogen) atoms. The largest absolute Gasteiger partial charge is 0.397 e. The number of hydrogen-bond acceptors (Lipinski definition) is 4. The minimum atomic E-state index is -0.0947. The van der Waals surface area contributed by atoms with E-state index in [1.807, 2.05) is 0 Å². The van der Waals surface area contributed by atoms with Gasteiger partial charge in [0, 0.05) is 17.3 Å². The molecule has 5 N–H and O–H groups in total. The molecule has 0 amide bonds. The lowest BCUT2D eigenvalue weighted by Gasteiger charge is -2.30. The zero-order valence-corrected chi connectivity index (χ0v) is 21.8. The number of nitrogens with zero attached hydrogens (tertiary/aromatic N) is 1. The molecule has 1 atom stereocenters. The molecule has 2 aromatic carbocycles. The first-order chi connectivity index (χ1) is 17.1. The SMILES string of the molecule is CC1(C)CC2(CC(C)(C)c3cc(N)c(N)cc32)c2cc(Nc3ccc(C4=CCCC=C4)cc3)ncc21. The van der Waals surface area contributed by atoms with Crippen molar-refractivity contribution in [3.8, 4) is 0 Å². The minimum absolute atomic E-state index is 0.0176. The van der Waals surface area contributed by atoms with Gasteiger partial charge >= 0.3 is 0 Å². The van der Waals surface area contributed by atoms with E-state index in [0.717, 1.165) is 37.2 Å². The highest BCUT2D eigenvalue weighted by atomic mass is 15.0. The second-order valence-electron chi connectivity index (χ2n) is 12.2. The van der Waals surface area contributed by atoms with E-state index in [1.54, 1.807) is 0 Å². The molecule has 0 saturated carbocycles. The van der Waals surface area contributed by atoms with Crippen molar-refractivity contribution >= 4 is 28.5 Å². The quantitative estimate of drug-likeness (QED) is 0.345. The van der Waals surface area contributed by atoms with Gasteiger partial charge in [0.2, 0.25) is 0 Å². The molecule has 3 aliphatic rings. The summed E-state index contributed by atoms with van der Waals surface area (Å²) in [6.07, 6.45) is 13.2. The van der Waals surface area contributed by atoms with Crippen LogP contribution >= 0.6 is 0 Å². The Balaban J connectivity index is 1.39. The minimum Gasteiger partial charge on any atom is -0.397 e. The highest BCUT2D eigenvalue weighted by Gasteiger charge is 2.56. The van der Waals surface area contributed by atoms with Crippen molar-refractivity contribution in [1.82, 2.24) is 4.98 Å². The van der Waals surface area contributed by atoms with Crippen molar-refractivity contribution in [3.63, 3.8) is 0 Å². The van der Waals surface area contributed by atoms with E-state index in [9.17, 15) is 0 Å². The standard InChI is InChI=1S/C32H36N4/c1-30(2)18-32(24-15-28(34)27(33)14-23(24)30)19-31(3,4)26-17-35-29(16-25(26)32)36-22-12-10-21(11-13-22)20-8-6-5-7-9-20/h6,8-17H,5,7,18-19,33-34H2,1-4H3,(H,35,36). The third-order valence-corrected chi connectivity index (χ3v) is 8.59. The van der Waals surface area contributed by atoms with E-state index in [-0.39, 0.29) is 16.2 Å². The monoisotopic (exact) mass is 476 g/mol. The van der Waals surface area contributed by atoms with Crippen LogP contribution in [0.15, 0.2) is 66.9 Å². The van der Waals surface area contributed by atoms with Crippen LogP contribution in [0.5, 0.6) is 0 Å². The summed E-state index contributed by atoms with van der Waals surface area (Å²) < 4.78 is 0. The number of aromatic nitrogens is 1. The molecular formula is C32H36N4. The average molecular weight is 477 g/mol. The van der Waals surface area contributed by atoms with Gasteiger partial charge in [0.05, 0.1) is 11.4 Å². The smallest absolute Gasteiger partial charge is 0.130 e. The Kier molecular flexibility index (Phi) is 4.92. The molecule has 3 aromatic rings. The summed E-state index contributed by atoms with van der Waals surface area (Å²) in [6.45, 7) is 9.35. The molecule has 0 saturated heterocycles. The molecule has 6 rings (SSSR count).